The summed E-state index contributed by atoms with van der Waals surface area (Å²) in [4.78, 5) is 0. The quantitative estimate of drug-likeness (QED) is 0.848. The van der Waals surface area contributed by atoms with Crippen LogP contribution in [0, 0.1) is 0 Å². The molecule has 2 rings (SSSR count). The summed E-state index contributed by atoms with van der Waals surface area (Å²) < 4.78 is 5.78. The average molecular weight is 233 g/mol. The summed E-state index contributed by atoms with van der Waals surface area (Å²) in [5.41, 5.74) is 7.53. The monoisotopic (exact) mass is 233 g/mol. The number of hydrogen-bond donors (Lipinski definition) is 1. The Hall–Kier alpha value is -0.860. The van der Waals surface area contributed by atoms with Gasteiger partial charge in [0.15, 0.2) is 0 Å². The van der Waals surface area contributed by atoms with E-state index in [-0.39, 0.29) is 5.41 Å². The summed E-state index contributed by atoms with van der Waals surface area (Å²) >= 11 is 0. The standard InChI is InChI=1S/C15H23NO/c1-2-15(12-16,11-14-9-6-10-17-14)13-7-4-3-5-8-13/h3-5,7-8,14H,2,6,9-12,16H2,1H3. The van der Waals surface area contributed by atoms with E-state index in [1.165, 1.54) is 18.4 Å². The molecule has 0 spiro atoms. The number of hydrogen-bond acceptors (Lipinski definition) is 2. The fourth-order valence-electron chi connectivity index (χ4n) is 2.84. The van der Waals surface area contributed by atoms with Crippen molar-refractivity contribution in [2.24, 2.45) is 5.73 Å². The van der Waals surface area contributed by atoms with E-state index in [0.717, 1.165) is 19.4 Å². The molecule has 2 atom stereocenters. The third kappa shape index (κ3) is 2.70. The first-order chi connectivity index (χ1) is 8.30. The second-order valence-corrected chi connectivity index (χ2v) is 5.04. The smallest absolute Gasteiger partial charge is 0.0585 e. The molecule has 2 nitrogen and oxygen atoms in total. The van der Waals surface area contributed by atoms with E-state index in [1.807, 2.05) is 0 Å². The van der Waals surface area contributed by atoms with Gasteiger partial charge in [-0.3, -0.25) is 0 Å². The third-order valence-corrected chi connectivity index (χ3v) is 4.10. The average Bonchev–Trinajstić information content (AvgIpc) is 2.90. The van der Waals surface area contributed by atoms with Crippen LogP contribution >= 0.6 is 0 Å². The molecule has 0 bridgehead atoms. The lowest BCUT2D eigenvalue weighted by Crippen LogP contribution is -2.38. The predicted octanol–water partition coefficient (Wildman–Crippen LogP) is 2.86. The summed E-state index contributed by atoms with van der Waals surface area (Å²) in [5, 5.41) is 0. The lowest BCUT2D eigenvalue weighted by Gasteiger charge is -2.34. The fourth-order valence-corrected chi connectivity index (χ4v) is 2.84. The van der Waals surface area contributed by atoms with Crippen LogP contribution in [-0.2, 0) is 10.2 Å². The second-order valence-electron chi connectivity index (χ2n) is 5.04. The molecule has 0 saturated carbocycles. The highest BCUT2D eigenvalue weighted by Crippen LogP contribution is 2.35. The molecule has 0 aliphatic carbocycles. The molecule has 1 aromatic rings. The first-order valence-electron chi connectivity index (χ1n) is 6.68. The van der Waals surface area contributed by atoms with Gasteiger partial charge in [0.1, 0.15) is 0 Å². The maximum absolute atomic E-state index is 6.07. The molecule has 1 saturated heterocycles. The maximum Gasteiger partial charge on any atom is 0.0585 e. The Morgan fingerprint density at radius 1 is 1.35 bits per heavy atom. The first-order valence-corrected chi connectivity index (χ1v) is 6.68. The maximum atomic E-state index is 6.07. The SMILES string of the molecule is CCC(CN)(CC1CCCO1)c1ccccc1. The summed E-state index contributed by atoms with van der Waals surface area (Å²) in [7, 11) is 0. The normalized spacial score (nSPS) is 23.5. The lowest BCUT2D eigenvalue weighted by atomic mass is 9.73. The van der Waals surface area contributed by atoms with Crippen LogP contribution in [-0.4, -0.2) is 19.3 Å². The van der Waals surface area contributed by atoms with Gasteiger partial charge in [-0.15, -0.1) is 0 Å². The molecule has 2 heteroatoms. The highest BCUT2D eigenvalue weighted by atomic mass is 16.5. The zero-order valence-corrected chi connectivity index (χ0v) is 10.7. The molecule has 2 unspecified atom stereocenters. The number of rotatable bonds is 5. The zero-order valence-electron chi connectivity index (χ0n) is 10.7. The Kier molecular flexibility index (Phi) is 4.19. The Labute approximate surface area is 104 Å². The van der Waals surface area contributed by atoms with E-state index in [4.69, 9.17) is 10.5 Å². The molecular formula is C15H23NO. The zero-order chi connectivity index (χ0) is 12.1. The van der Waals surface area contributed by atoms with Crippen molar-refractivity contribution in [2.75, 3.05) is 13.2 Å². The lowest BCUT2D eigenvalue weighted by molar-refractivity contribution is 0.0818. The first kappa shape index (κ1) is 12.6. The highest BCUT2D eigenvalue weighted by Gasteiger charge is 2.33. The minimum atomic E-state index is 0.0935. The Morgan fingerprint density at radius 2 is 2.12 bits per heavy atom. The molecule has 1 aromatic carbocycles. The van der Waals surface area contributed by atoms with Gasteiger partial charge in [0.05, 0.1) is 6.10 Å². The molecule has 94 valence electrons. The Balaban J connectivity index is 2.19. The van der Waals surface area contributed by atoms with E-state index in [2.05, 4.69) is 37.3 Å². The summed E-state index contributed by atoms with van der Waals surface area (Å²) in [6.07, 6.45) is 4.93. The molecule has 1 aliphatic heterocycles. The Morgan fingerprint density at radius 3 is 2.65 bits per heavy atom. The molecule has 0 radical (unpaired) electrons. The molecule has 1 heterocycles. The van der Waals surface area contributed by atoms with Gasteiger partial charge < -0.3 is 10.5 Å². The van der Waals surface area contributed by atoms with Crippen molar-refractivity contribution in [3.8, 4) is 0 Å². The molecular weight excluding hydrogens is 210 g/mol. The summed E-state index contributed by atoms with van der Waals surface area (Å²) in [6, 6.07) is 10.7. The molecule has 2 N–H and O–H groups in total. The Bertz CT molecular complexity index is 326. The van der Waals surface area contributed by atoms with Crippen LogP contribution in [0.5, 0.6) is 0 Å². The predicted molar refractivity (Wildman–Crippen MR) is 71.1 cm³/mol. The molecule has 1 aliphatic rings. The van der Waals surface area contributed by atoms with Gasteiger partial charge in [0.25, 0.3) is 0 Å². The van der Waals surface area contributed by atoms with E-state index in [0.29, 0.717) is 12.6 Å². The van der Waals surface area contributed by atoms with Crippen molar-refractivity contribution in [2.45, 2.75) is 44.1 Å². The van der Waals surface area contributed by atoms with Gasteiger partial charge >= 0.3 is 0 Å². The van der Waals surface area contributed by atoms with Gasteiger partial charge in [0, 0.05) is 18.6 Å². The molecule has 1 fully saturated rings. The van der Waals surface area contributed by atoms with Crippen LogP contribution in [0.15, 0.2) is 30.3 Å². The van der Waals surface area contributed by atoms with Crippen molar-refractivity contribution in [1.82, 2.24) is 0 Å². The van der Waals surface area contributed by atoms with Crippen LogP contribution < -0.4 is 5.73 Å². The van der Waals surface area contributed by atoms with Crippen LogP contribution in [0.25, 0.3) is 0 Å². The molecule has 17 heavy (non-hydrogen) atoms. The summed E-state index contributed by atoms with van der Waals surface area (Å²) in [6.45, 7) is 3.85. The largest absolute Gasteiger partial charge is 0.378 e. The van der Waals surface area contributed by atoms with Gasteiger partial charge in [-0.1, -0.05) is 37.3 Å². The van der Waals surface area contributed by atoms with Crippen LogP contribution in [0.4, 0.5) is 0 Å². The minimum Gasteiger partial charge on any atom is -0.378 e. The molecule has 0 amide bonds. The van der Waals surface area contributed by atoms with Gasteiger partial charge in [0.2, 0.25) is 0 Å². The number of nitrogens with two attached hydrogens (primary N) is 1. The summed E-state index contributed by atoms with van der Waals surface area (Å²) in [5.74, 6) is 0. The van der Waals surface area contributed by atoms with Crippen molar-refractivity contribution in [1.29, 1.82) is 0 Å². The van der Waals surface area contributed by atoms with Crippen LogP contribution in [0.2, 0.25) is 0 Å². The van der Waals surface area contributed by atoms with E-state index >= 15 is 0 Å². The second kappa shape index (κ2) is 5.65. The van der Waals surface area contributed by atoms with Crippen molar-refractivity contribution in [3.63, 3.8) is 0 Å². The van der Waals surface area contributed by atoms with Gasteiger partial charge in [-0.05, 0) is 31.2 Å². The van der Waals surface area contributed by atoms with Gasteiger partial charge in [-0.2, -0.15) is 0 Å². The topological polar surface area (TPSA) is 35.2 Å². The van der Waals surface area contributed by atoms with E-state index in [9.17, 15) is 0 Å². The van der Waals surface area contributed by atoms with Crippen molar-refractivity contribution < 1.29 is 4.74 Å². The highest BCUT2D eigenvalue weighted by molar-refractivity contribution is 5.26. The van der Waals surface area contributed by atoms with Crippen molar-refractivity contribution >= 4 is 0 Å². The van der Waals surface area contributed by atoms with Crippen LogP contribution in [0.3, 0.4) is 0 Å². The minimum absolute atomic E-state index is 0.0935. The van der Waals surface area contributed by atoms with Crippen LogP contribution in [0.1, 0.15) is 38.2 Å². The number of benzene rings is 1. The third-order valence-electron chi connectivity index (χ3n) is 4.10. The van der Waals surface area contributed by atoms with Crippen molar-refractivity contribution in [3.05, 3.63) is 35.9 Å². The number of ether oxygens (including phenoxy) is 1. The van der Waals surface area contributed by atoms with E-state index < -0.39 is 0 Å². The van der Waals surface area contributed by atoms with E-state index in [1.54, 1.807) is 0 Å². The fraction of sp³-hybridized carbons (Fsp3) is 0.600. The molecule has 0 aromatic heterocycles. The van der Waals surface area contributed by atoms with Gasteiger partial charge in [-0.25, -0.2) is 0 Å².